The van der Waals surface area contributed by atoms with Gasteiger partial charge in [-0.1, -0.05) is 30.3 Å². The van der Waals surface area contributed by atoms with Gasteiger partial charge in [0.1, 0.15) is 0 Å². The maximum absolute atomic E-state index is 10.5. The first-order valence-electron chi connectivity index (χ1n) is 6.32. The van der Waals surface area contributed by atoms with Crippen LogP contribution in [0.5, 0.6) is 0 Å². The first kappa shape index (κ1) is 15.4. The molecule has 0 unspecified atom stereocenters. The average Bonchev–Trinajstić information content (AvgIpc) is 2.38. The van der Waals surface area contributed by atoms with E-state index in [1.54, 1.807) is 6.92 Å². The van der Waals surface area contributed by atoms with Crippen molar-refractivity contribution < 1.29 is 19.7 Å². The van der Waals surface area contributed by atoms with Crippen molar-refractivity contribution in [3.05, 3.63) is 48.0 Å². The van der Waals surface area contributed by atoms with Crippen LogP contribution in [0.1, 0.15) is 25.3 Å². The zero-order chi connectivity index (χ0) is 14.1. The second-order valence-electron chi connectivity index (χ2n) is 4.46. The molecule has 0 saturated heterocycles. The third-order valence-corrected chi connectivity index (χ3v) is 2.63. The lowest BCUT2D eigenvalue weighted by molar-refractivity contribution is -0.131. The van der Waals surface area contributed by atoms with Crippen LogP contribution in [0.2, 0.25) is 0 Å². The SMILES string of the molecule is C[C@@H](O)CC[C@@H](/C=C/C(=O)O)OCc1ccccc1. The Morgan fingerprint density at radius 2 is 2.00 bits per heavy atom. The molecule has 1 rings (SSSR count). The van der Waals surface area contributed by atoms with Crippen LogP contribution in [0.25, 0.3) is 0 Å². The summed E-state index contributed by atoms with van der Waals surface area (Å²) in [5.41, 5.74) is 1.04. The van der Waals surface area contributed by atoms with E-state index in [4.69, 9.17) is 9.84 Å². The van der Waals surface area contributed by atoms with Crippen molar-refractivity contribution in [2.75, 3.05) is 0 Å². The Hall–Kier alpha value is -1.65. The third kappa shape index (κ3) is 7.39. The standard InChI is InChI=1S/C15H20O4/c1-12(16)7-8-14(9-10-15(17)18)19-11-13-5-3-2-4-6-13/h2-6,9-10,12,14,16H,7-8,11H2,1H3,(H,17,18)/b10-9+/t12-,14+/m1/s1. The molecule has 4 nitrogen and oxygen atoms in total. The van der Waals surface area contributed by atoms with Crippen LogP contribution >= 0.6 is 0 Å². The number of aliphatic hydroxyl groups is 1. The van der Waals surface area contributed by atoms with Crippen molar-refractivity contribution in [3.8, 4) is 0 Å². The third-order valence-electron chi connectivity index (χ3n) is 2.63. The highest BCUT2D eigenvalue weighted by molar-refractivity contribution is 5.79. The van der Waals surface area contributed by atoms with E-state index >= 15 is 0 Å². The quantitative estimate of drug-likeness (QED) is 0.707. The lowest BCUT2D eigenvalue weighted by Gasteiger charge is -2.15. The van der Waals surface area contributed by atoms with E-state index in [9.17, 15) is 9.90 Å². The van der Waals surface area contributed by atoms with Crippen LogP contribution in [-0.2, 0) is 16.1 Å². The molecule has 104 valence electrons. The Balaban J connectivity index is 2.50. The van der Waals surface area contributed by atoms with Crippen LogP contribution in [0.15, 0.2) is 42.5 Å². The second kappa shape index (κ2) is 8.45. The van der Waals surface area contributed by atoms with E-state index in [0.29, 0.717) is 19.4 Å². The zero-order valence-electron chi connectivity index (χ0n) is 11.0. The molecule has 19 heavy (non-hydrogen) atoms. The van der Waals surface area contributed by atoms with E-state index in [1.807, 2.05) is 30.3 Å². The Morgan fingerprint density at radius 3 is 2.58 bits per heavy atom. The molecule has 0 heterocycles. The zero-order valence-corrected chi connectivity index (χ0v) is 11.0. The number of aliphatic carboxylic acids is 1. The molecule has 0 aliphatic heterocycles. The number of carboxylic acids is 1. The Kier molecular flexibility index (Phi) is 6.85. The van der Waals surface area contributed by atoms with Crippen LogP contribution in [0.4, 0.5) is 0 Å². The largest absolute Gasteiger partial charge is 0.478 e. The van der Waals surface area contributed by atoms with E-state index in [2.05, 4.69) is 0 Å². The molecule has 0 spiro atoms. The number of aliphatic hydroxyl groups excluding tert-OH is 1. The van der Waals surface area contributed by atoms with Crippen molar-refractivity contribution >= 4 is 5.97 Å². The number of hydrogen-bond acceptors (Lipinski definition) is 3. The van der Waals surface area contributed by atoms with E-state index < -0.39 is 12.1 Å². The highest BCUT2D eigenvalue weighted by Gasteiger charge is 2.08. The summed E-state index contributed by atoms with van der Waals surface area (Å²) in [4.78, 5) is 10.5. The van der Waals surface area contributed by atoms with Gasteiger partial charge in [0, 0.05) is 6.08 Å². The number of rotatable bonds is 8. The minimum atomic E-state index is -0.995. The average molecular weight is 264 g/mol. The molecule has 2 N–H and O–H groups in total. The van der Waals surface area contributed by atoms with Gasteiger partial charge in [-0.2, -0.15) is 0 Å². The fourth-order valence-electron chi connectivity index (χ4n) is 1.61. The normalized spacial score (nSPS) is 14.4. The van der Waals surface area contributed by atoms with Crippen LogP contribution in [0, 0.1) is 0 Å². The predicted molar refractivity (Wildman–Crippen MR) is 72.7 cm³/mol. The van der Waals surface area contributed by atoms with Gasteiger partial charge in [-0.3, -0.25) is 0 Å². The summed E-state index contributed by atoms with van der Waals surface area (Å²) < 4.78 is 5.67. The van der Waals surface area contributed by atoms with Gasteiger partial charge in [-0.05, 0) is 31.4 Å². The molecule has 0 radical (unpaired) electrons. The van der Waals surface area contributed by atoms with Gasteiger partial charge in [0.2, 0.25) is 0 Å². The maximum atomic E-state index is 10.5. The van der Waals surface area contributed by atoms with E-state index in [1.165, 1.54) is 6.08 Å². The maximum Gasteiger partial charge on any atom is 0.328 e. The molecule has 0 saturated carbocycles. The highest BCUT2D eigenvalue weighted by Crippen LogP contribution is 2.10. The van der Waals surface area contributed by atoms with Crippen molar-refractivity contribution in [1.29, 1.82) is 0 Å². The molecule has 4 heteroatoms. The van der Waals surface area contributed by atoms with Gasteiger partial charge in [-0.25, -0.2) is 4.79 Å². The van der Waals surface area contributed by atoms with Gasteiger partial charge >= 0.3 is 5.97 Å². The van der Waals surface area contributed by atoms with Crippen LogP contribution in [-0.4, -0.2) is 28.4 Å². The Bertz CT molecular complexity index is 398. The van der Waals surface area contributed by atoms with E-state index in [0.717, 1.165) is 11.6 Å². The van der Waals surface area contributed by atoms with Gasteiger partial charge in [0.05, 0.1) is 18.8 Å². The smallest absolute Gasteiger partial charge is 0.328 e. The van der Waals surface area contributed by atoms with Crippen molar-refractivity contribution in [1.82, 2.24) is 0 Å². The van der Waals surface area contributed by atoms with Gasteiger partial charge in [0.15, 0.2) is 0 Å². The number of carbonyl (C=O) groups is 1. The second-order valence-corrected chi connectivity index (χ2v) is 4.46. The van der Waals surface area contributed by atoms with Crippen molar-refractivity contribution in [2.24, 2.45) is 0 Å². The highest BCUT2D eigenvalue weighted by atomic mass is 16.5. The molecule has 1 aromatic rings. The summed E-state index contributed by atoms with van der Waals surface area (Å²) >= 11 is 0. The topological polar surface area (TPSA) is 66.8 Å². The monoisotopic (exact) mass is 264 g/mol. The number of carboxylic acid groups (broad SMARTS) is 1. The molecule has 0 aromatic heterocycles. The molecule has 0 aliphatic rings. The fourth-order valence-corrected chi connectivity index (χ4v) is 1.61. The molecule has 0 amide bonds. The minimum absolute atomic E-state index is 0.300. The predicted octanol–water partition coefficient (Wildman–Crippen LogP) is 2.37. The summed E-state index contributed by atoms with van der Waals surface area (Å²) in [6.45, 7) is 2.13. The summed E-state index contributed by atoms with van der Waals surface area (Å²) in [6.07, 6.45) is 3.05. The lowest BCUT2D eigenvalue weighted by atomic mass is 10.1. The summed E-state index contributed by atoms with van der Waals surface area (Å²) in [6, 6.07) is 9.69. The Labute approximate surface area is 113 Å². The van der Waals surface area contributed by atoms with Gasteiger partial charge in [-0.15, -0.1) is 0 Å². The summed E-state index contributed by atoms with van der Waals surface area (Å²) in [5.74, 6) is -0.995. The molecule has 2 atom stereocenters. The number of ether oxygens (including phenoxy) is 1. The van der Waals surface area contributed by atoms with E-state index in [-0.39, 0.29) is 6.10 Å². The molecule has 0 bridgehead atoms. The van der Waals surface area contributed by atoms with Crippen LogP contribution in [0.3, 0.4) is 0 Å². The first-order valence-corrected chi connectivity index (χ1v) is 6.32. The molecule has 1 aromatic carbocycles. The molecular formula is C15H20O4. The van der Waals surface area contributed by atoms with Crippen LogP contribution < -0.4 is 0 Å². The molecule has 0 fully saturated rings. The molecular weight excluding hydrogens is 244 g/mol. The summed E-state index contributed by atoms with van der Waals surface area (Å²) in [5, 5.41) is 17.9. The number of benzene rings is 1. The fraction of sp³-hybridized carbons (Fsp3) is 0.400. The Morgan fingerprint density at radius 1 is 1.32 bits per heavy atom. The van der Waals surface area contributed by atoms with Gasteiger partial charge < -0.3 is 14.9 Å². The first-order chi connectivity index (χ1) is 9.08. The lowest BCUT2D eigenvalue weighted by Crippen LogP contribution is -2.13. The van der Waals surface area contributed by atoms with Gasteiger partial charge in [0.25, 0.3) is 0 Å². The van der Waals surface area contributed by atoms with Crippen molar-refractivity contribution in [3.63, 3.8) is 0 Å². The number of hydrogen-bond donors (Lipinski definition) is 2. The van der Waals surface area contributed by atoms with Crippen molar-refractivity contribution in [2.45, 2.75) is 38.6 Å². The summed E-state index contributed by atoms with van der Waals surface area (Å²) in [7, 11) is 0. The molecule has 0 aliphatic carbocycles. The minimum Gasteiger partial charge on any atom is -0.478 e.